The molecule has 1 atom stereocenters. The first-order valence-corrected chi connectivity index (χ1v) is 10.6. The van der Waals surface area contributed by atoms with Crippen molar-refractivity contribution in [2.45, 2.75) is 12.5 Å². The Morgan fingerprint density at radius 1 is 1.03 bits per heavy atom. The fourth-order valence-electron chi connectivity index (χ4n) is 3.92. The summed E-state index contributed by atoms with van der Waals surface area (Å²) in [5, 5.41) is 15.3. The lowest BCUT2D eigenvalue weighted by molar-refractivity contribution is 0.102. The molecule has 1 aliphatic rings. The van der Waals surface area contributed by atoms with Gasteiger partial charge in [0.15, 0.2) is 0 Å². The smallest absolute Gasteiger partial charge is 0.255 e. The van der Waals surface area contributed by atoms with Crippen LogP contribution in [0.1, 0.15) is 16.8 Å². The molecule has 6 heteroatoms. The maximum Gasteiger partial charge on any atom is 0.255 e. The largest absolute Gasteiger partial charge is 0.397 e. The van der Waals surface area contributed by atoms with Crippen LogP contribution in [0.3, 0.4) is 0 Å². The lowest BCUT2D eigenvalue weighted by Crippen LogP contribution is -2.34. The van der Waals surface area contributed by atoms with E-state index >= 15 is 0 Å². The molecule has 3 aromatic carbocycles. The number of nitrogens with one attached hydrogen (secondary N) is 2. The van der Waals surface area contributed by atoms with Crippen molar-refractivity contribution >= 4 is 23.0 Å². The van der Waals surface area contributed by atoms with Crippen LogP contribution in [-0.4, -0.2) is 43.3 Å². The molecule has 1 amide bonds. The molecule has 1 fully saturated rings. The van der Waals surface area contributed by atoms with Crippen LogP contribution in [0.4, 0.5) is 17.1 Å². The highest BCUT2D eigenvalue weighted by Gasteiger charge is 2.22. The number of hydrogen-bond donors (Lipinski definition) is 4. The van der Waals surface area contributed by atoms with Crippen molar-refractivity contribution in [3.05, 3.63) is 78.4 Å². The van der Waals surface area contributed by atoms with E-state index in [1.807, 2.05) is 72.8 Å². The van der Waals surface area contributed by atoms with Gasteiger partial charge in [-0.2, -0.15) is 0 Å². The standard InChI is InChI=1S/C25H28N4O2/c26-23-11-8-20(18-4-2-1-3-5-18)16-24(23)28-25(31)19-6-9-22(10-7-19)29-14-12-21(17-29)27-13-15-30/h1-11,16,21,27,30H,12-15,17,26H2,(H,28,31)/t21-/m0/s1. The highest BCUT2D eigenvalue weighted by Crippen LogP contribution is 2.28. The summed E-state index contributed by atoms with van der Waals surface area (Å²) in [5.41, 5.74) is 11.0. The van der Waals surface area contributed by atoms with Crippen LogP contribution >= 0.6 is 0 Å². The molecule has 1 saturated heterocycles. The summed E-state index contributed by atoms with van der Waals surface area (Å²) in [4.78, 5) is 15.1. The summed E-state index contributed by atoms with van der Waals surface area (Å²) >= 11 is 0. The molecule has 0 bridgehead atoms. The lowest BCUT2D eigenvalue weighted by atomic mass is 10.0. The summed E-state index contributed by atoms with van der Waals surface area (Å²) < 4.78 is 0. The zero-order chi connectivity index (χ0) is 21.6. The monoisotopic (exact) mass is 416 g/mol. The number of carbonyl (C=O) groups is 1. The van der Waals surface area contributed by atoms with Gasteiger partial charge in [-0.05, 0) is 53.9 Å². The van der Waals surface area contributed by atoms with Crippen LogP contribution in [0.5, 0.6) is 0 Å². The molecule has 3 aromatic rings. The number of anilines is 3. The Hall–Kier alpha value is -3.35. The first kappa shape index (κ1) is 20.9. The molecule has 31 heavy (non-hydrogen) atoms. The molecule has 0 spiro atoms. The number of rotatable bonds is 7. The summed E-state index contributed by atoms with van der Waals surface area (Å²) in [5.74, 6) is -0.188. The van der Waals surface area contributed by atoms with Gasteiger partial charge >= 0.3 is 0 Å². The van der Waals surface area contributed by atoms with Crippen molar-refractivity contribution in [1.82, 2.24) is 5.32 Å². The molecule has 6 nitrogen and oxygen atoms in total. The average Bonchev–Trinajstić information content (AvgIpc) is 3.29. The normalized spacial score (nSPS) is 15.8. The molecule has 1 heterocycles. The van der Waals surface area contributed by atoms with Gasteiger partial charge in [0.25, 0.3) is 5.91 Å². The third-order valence-corrected chi connectivity index (χ3v) is 5.64. The summed E-state index contributed by atoms with van der Waals surface area (Å²) in [6, 6.07) is 23.7. The predicted octanol–water partition coefficient (Wildman–Crippen LogP) is 3.35. The van der Waals surface area contributed by atoms with Gasteiger partial charge in [-0.1, -0.05) is 36.4 Å². The number of benzene rings is 3. The van der Waals surface area contributed by atoms with Crippen LogP contribution in [0.2, 0.25) is 0 Å². The first-order valence-electron chi connectivity index (χ1n) is 10.6. The van der Waals surface area contributed by atoms with E-state index < -0.39 is 0 Å². The van der Waals surface area contributed by atoms with Gasteiger partial charge in [-0.15, -0.1) is 0 Å². The number of aliphatic hydroxyl groups excluding tert-OH is 1. The third-order valence-electron chi connectivity index (χ3n) is 5.64. The van der Waals surface area contributed by atoms with E-state index in [1.54, 1.807) is 0 Å². The van der Waals surface area contributed by atoms with Gasteiger partial charge in [-0.3, -0.25) is 4.79 Å². The fourth-order valence-corrected chi connectivity index (χ4v) is 3.92. The predicted molar refractivity (Wildman–Crippen MR) is 126 cm³/mol. The van der Waals surface area contributed by atoms with E-state index in [9.17, 15) is 4.79 Å². The Kier molecular flexibility index (Phi) is 6.50. The minimum Gasteiger partial charge on any atom is -0.397 e. The molecule has 0 unspecified atom stereocenters. The molecule has 0 aliphatic carbocycles. The average molecular weight is 417 g/mol. The van der Waals surface area contributed by atoms with E-state index in [4.69, 9.17) is 10.8 Å². The quantitative estimate of drug-likeness (QED) is 0.444. The zero-order valence-corrected chi connectivity index (χ0v) is 17.4. The van der Waals surface area contributed by atoms with Gasteiger partial charge in [0.05, 0.1) is 18.0 Å². The number of nitrogens with two attached hydrogens (primary N) is 1. The zero-order valence-electron chi connectivity index (χ0n) is 17.4. The molecule has 4 rings (SSSR count). The molecule has 0 saturated carbocycles. The highest BCUT2D eigenvalue weighted by molar-refractivity contribution is 6.06. The summed E-state index contributed by atoms with van der Waals surface area (Å²) in [6.45, 7) is 2.62. The number of hydrogen-bond acceptors (Lipinski definition) is 5. The second kappa shape index (κ2) is 9.64. The van der Waals surface area contributed by atoms with E-state index in [-0.39, 0.29) is 12.5 Å². The van der Waals surface area contributed by atoms with Gasteiger partial charge in [0.1, 0.15) is 0 Å². The maximum atomic E-state index is 12.8. The van der Waals surface area contributed by atoms with E-state index in [2.05, 4.69) is 15.5 Å². The molecular formula is C25H28N4O2. The second-order valence-electron chi connectivity index (χ2n) is 7.78. The van der Waals surface area contributed by atoms with Crippen molar-refractivity contribution in [2.75, 3.05) is 42.2 Å². The molecular weight excluding hydrogens is 388 g/mol. The van der Waals surface area contributed by atoms with Crippen molar-refractivity contribution in [3.8, 4) is 11.1 Å². The maximum absolute atomic E-state index is 12.8. The second-order valence-corrected chi connectivity index (χ2v) is 7.78. The third kappa shape index (κ3) is 5.05. The topological polar surface area (TPSA) is 90.6 Å². The molecule has 5 N–H and O–H groups in total. The van der Waals surface area contributed by atoms with Crippen LogP contribution in [0.25, 0.3) is 11.1 Å². The number of aliphatic hydroxyl groups is 1. The van der Waals surface area contributed by atoms with Crippen LogP contribution in [0, 0.1) is 0 Å². The van der Waals surface area contributed by atoms with Crippen LogP contribution in [-0.2, 0) is 0 Å². The first-order chi connectivity index (χ1) is 15.1. The Morgan fingerprint density at radius 3 is 2.55 bits per heavy atom. The Balaban J connectivity index is 1.43. The van der Waals surface area contributed by atoms with E-state index in [1.165, 1.54) is 0 Å². The lowest BCUT2D eigenvalue weighted by Gasteiger charge is -2.19. The van der Waals surface area contributed by atoms with Gasteiger partial charge in [0.2, 0.25) is 0 Å². The van der Waals surface area contributed by atoms with Crippen molar-refractivity contribution in [2.24, 2.45) is 0 Å². The van der Waals surface area contributed by atoms with Crippen molar-refractivity contribution < 1.29 is 9.90 Å². The number of nitrogen functional groups attached to an aromatic ring is 1. The number of nitrogens with zero attached hydrogens (tertiary/aromatic N) is 1. The molecule has 0 radical (unpaired) electrons. The van der Waals surface area contributed by atoms with Crippen molar-refractivity contribution in [3.63, 3.8) is 0 Å². The number of amides is 1. The van der Waals surface area contributed by atoms with Gasteiger partial charge < -0.3 is 26.4 Å². The minimum atomic E-state index is -0.188. The number of carbonyl (C=O) groups excluding carboxylic acids is 1. The van der Waals surface area contributed by atoms with Gasteiger partial charge in [-0.25, -0.2) is 0 Å². The van der Waals surface area contributed by atoms with Crippen molar-refractivity contribution in [1.29, 1.82) is 0 Å². The Morgan fingerprint density at radius 2 is 1.81 bits per heavy atom. The highest BCUT2D eigenvalue weighted by atomic mass is 16.3. The molecule has 1 aliphatic heterocycles. The molecule has 0 aromatic heterocycles. The summed E-state index contributed by atoms with van der Waals surface area (Å²) in [6.07, 6.45) is 1.04. The fraction of sp³-hybridized carbons (Fsp3) is 0.240. The summed E-state index contributed by atoms with van der Waals surface area (Å²) in [7, 11) is 0. The minimum absolute atomic E-state index is 0.152. The van der Waals surface area contributed by atoms with Crippen LogP contribution in [0.15, 0.2) is 72.8 Å². The van der Waals surface area contributed by atoms with Gasteiger partial charge in [0, 0.05) is 36.9 Å². The molecule has 160 valence electrons. The van der Waals surface area contributed by atoms with Crippen LogP contribution < -0.4 is 21.3 Å². The van der Waals surface area contributed by atoms with E-state index in [0.717, 1.165) is 36.3 Å². The van der Waals surface area contributed by atoms with E-state index in [0.29, 0.717) is 29.5 Å². The Bertz CT molecular complexity index is 1020. The SMILES string of the molecule is Nc1ccc(-c2ccccc2)cc1NC(=O)c1ccc(N2CC[C@H](NCCO)C2)cc1. The Labute approximate surface area is 182 Å².